The molecule has 144 valence electrons. The summed E-state index contributed by atoms with van der Waals surface area (Å²) < 4.78 is 0. The van der Waals surface area contributed by atoms with E-state index < -0.39 is 0 Å². The number of hydrogen-bond donors (Lipinski definition) is 0. The summed E-state index contributed by atoms with van der Waals surface area (Å²) in [6, 6.07) is 0. The van der Waals surface area contributed by atoms with Gasteiger partial charge in [0.1, 0.15) is 0 Å². The maximum Gasteiger partial charge on any atom is -0.0295 e. The minimum Gasteiger partial charge on any atom is -0.0683 e. The van der Waals surface area contributed by atoms with Crippen LogP contribution in [0.25, 0.3) is 0 Å². The molecule has 0 aromatic carbocycles. The van der Waals surface area contributed by atoms with Gasteiger partial charge in [-0.15, -0.1) is 0 Å². The molecule has 0 aromatic heterocycles. The zero-order chi connectivity index (χ0) is 18.7. The quantitative estimate of drug-likeness (QED) is 0.419. The highest BCUT2D eigenvalue weighted by Crippen LogP contribution is 2.62. The van der Waals surface area contributed by atoms with Gasteiger partial charge in [0, 0.05) is 0 Å². The minimum atomic E-state index is 0.686. The molecule has 0 N–H and O–H groups in total. The van der Waals surface area contributed by atoms with Crippen molar-refractivity contribution in [3.05, 3.63) is 0 Å². The van der Waals surface area contributed by atoms with E-state index >= 15 is 0 Å². The number of hydrogen-bond acceptors (Lipinski definition) is 0. The molecule has 0 saturated heterocycles. The summed E-state index contributed by atoms with van der Waals surface area (Å²) in [5.41, 5.74) is 0.686. The van der Waals surface area contributed by atoms with E-state index in [-0.39, 0.29) is 0 Å². The molecule has 24 heavy (non-hydrogen) atoms. The molecule has 5 saturated carbocycles. The summed E-state index contributed by atoms with van der Waals surface area (Å²) in [7, 11) is 0. The van der Waals surface area contributed by atoms with Crippen molar-refractivity contribution >= 4 is 0 Å². The second kappa shape index (κ2) is 9.09. The molecular formula is C24H48. The van der Waals surface area contributed by atoms with Crippen molar-refractivity contribution in [1.82, 2.24) is 0 Å². The molecule has 0 aromatic rings. The van der Waals surface area contributed by atoms with E-state index in [0.29, 0.717) is 5.41 Å². The minimum absolute atomic E-state index is 0.686. The first kappa shape index (κ1) is 22.0. The van der Waals surface area contributed by atoms with Gasteiger partial charge in [-0.25, -0.2) is 0 Å². The lowest BCUT2D eigenvalue weighted by molar-refractivity contribution is -0.124. The van der Waals surface area contributed by atoms with Gasteiger partial charge in [0.25, 0.3) is 0 Å². The highest BCUT2D eigenvalue weighted by Gasteiger charge is 2.54. The summed E-state index contributed by atoms with van der Waals surface area (Å²) in [6.45, 7) is 22.7. The molecule has 8 atom stereocenters. The van der Waals surface area contributed by atoms with Gasteiger partial charge in [-0.1, -0.05) is 69.2 Å². The highest BCUT2D eigenvalue weighted by atomic mass is 14.6. The molecule has 0 heteroatoms. The third-order valence-corrected chi connectivity index (χ3v) is 8.57. The molecule has 0 aliphatic heterocycles. The van der Waals surface area contributed by atoms with E-state index in [4.69, 9.17) is 0 Å². The van der Waals surface area contributed by atoms with E-state index in [0.717, 1.165) is 47.3 Å². The maximum absolute atomic E-state index is 2.47. The highest BCUT2D eigenvalue weighted by molar-refractivity contribution is 5.03. The molecule has 0 nitrogen and oxygen atoms in total. The Kier molecular flexibility index (Phi) is 8.35. The predicted octanol–water partition coefficient (Wildman–Crippen LogP) is 8.07. The summed E-state index contributed by atoms with van der Waals surface area (Å²) in [5.74, 6) is 8.39. The van der Waals surface area contributed by atoms with Crippen LogP contribution in [0.4, 0.5) is 0 Å². The van der Waals surface area contributed by atoms with E-state index in [1.54, 1.807) is 6.42 Å². The topological polar surface area (TPSA) is 0 Å². The van der Waals surface area contributed by atoms with Crippen LogP contribution in [-0.4, -0.2) is 0 Å². The van der Waals surface area contributed by atoms with Crippen molar-refractivity contribution in [1.29, 1.82) is 0 Å². The zero-order valence-corrected chi connectivity index (χ0v) is 18.7. The average Bonchev–Trinajstić information content (AvgIpc) is 3.18. The standard InChI is InChI=1S/C11H20.C9H16.2C2H6/c1-7-5-9-6-10(8(7)2)11(9,3)4;1-6-7(2)9-4-3-8(6)5-9;2*1-2/h7-10H,5-6H2,1-4H3;6-9H,3-5H2,1-2H3;2*1-2H3. The largest absolute Gasteiger partial charge is 0.0683 e. The fourth-order valence-electron chi connectivity index (χ4n) is 6.27. The molecule has 8 unspecified atom stereocenters. The Morgan fingerprint density at radius 2 is 1.08 bits per heavy atom. The first-order chi connectivity index (χ1) is 11.3. The predicted molar refractivity (Wildman–Crippen MR) is 110 cm³/mol. The smallest absolute Gasteiger partial charge is 0.0295 e. The molecule has 0 radical (unpaired) electrons. The van der Waals surface area contributed by atoms with E-state index in [1.165, 1.54) is 25.7 Å². The Balaban J connectivity index is 0.000000202. The Hall–Kier alpha value is 0. The monoisotopic (exact) mass is 336 g/mol. The molecule has 4 bridgehead atoms. The van der Waals surface area contributed by atoms with Crippen LogP contribution in [-0.2, 0) is 0 Å². The maximum atomic E-state index is 2.47. The first-order valence-corrected chi connectivity index (χ1v) is 11.3. The lowest BCUT2D eigenvalue weighted by atomic mass is 9.44. The normalized spacial score (nSPS) is 46.2. The first-order valence-electron chi connectivity index (χ1n) is 11.3. The van der Waals surface area contributed by atoms with E-state index in [2.05, 4.69) is 41.5 Å². The Bertz CT molecular complexity index is 337. The molecule has 5 rings (SSSR count). The third-order valence-electron chi connectivity index (χ3n) is 8.57. The molecule has 0 amide bonds. The van der Waals surface area contributed by atoms with Crippen molar-refractivity contribution in [2.24, 2.45) is 52.8 Å². The van der Waals surface area contributed by atoms with Crippen LogP contribution in [0.2, 0.25) is 0 Å². The lowest BCUT2D eigenvalue weighted by Crippen LogP contribution is -2.54. The zero-order valence-electron chi connectivity index (χ0n) is 18.7. The fourth-order valence-corrected chi connectivity index (χ4v) is 6.27. The van der Waals surface area contributed by atoms with Crippen LogP contribution in [0.3, 0.4) is 0 Å². The third kappa shape index (κ3) is 4.04. The second-order valence-electron chi connectivity index (χ2n) is 9.48. The van der Waals surface area contributed by atoms with E-state index in [9.17, 15) is 0 Å². The van der Waals surface area contributed by atoms with Gasteiger partial charge in [-0.3, -0.25) is 0 Å². The van der Waals surface area contributed by atoms with Crippen molar-refractivity contribution < 1.29 is 0 Å². The Morgan fingerprint density at radius 3 is 1.33 bits per heavy atom. The second-order valence-corrected chi connectivity index (χ2v) is 9.48. The lowest BCUT2D eigenvalue weighted by Gasteiger charge is -2.61. The summed E-state index contributed by atoms with van der Waals surface area (Å²) in [5, 5.41) is 0. The molecular weight excluding hydrogens is 288 g/mol. The van der Waals surface area contributed by atoms with Crippen LogP contribution in [0.15, 0.2) is 0 Å². The Morgan fingerprint density at radius 1 is 0.625 bits per heavy atom. The van der Waals surface area contributed by atoms with Crippen molar-refractivity contribution in [2.75, 3.05) is 0 Å². The molecule has 5 aliphatic carbocycles. The molecule has 5 fully saturated rings. The molecule has 0 heterocycles. The Labute approximate surface area is 154 Å². The molecule has 0 spiro atoms. The van der Waals surface area contributed by atoms with Crippen LogP contribution in [0.5, 0.6) is 0 Å². The van der Waals surface area contributed by atoms with Gasteiger partial charge in [-0.2, -0.15) is 0 Å². The molecule has 5 aliphatic rings. The van der Waals surface area contributed by atoms with Gasteiger partial charge >= 0.3 is 0 Å². The van der Waals surface area contributed by atoms with Crippen LogP contribution in [0, 0.1) is 52.8 Å². The van der Waals surface area contributed by atoms with Crippen LogP contribution < -0.4 is 0 Å². The summed E-state index contributed by atoms with van der Waals surface area (Å²) >= 11 is 0. The van der Waals surface area contributed by atoms with Crippen molar-refractivity contribution in [3.63, 3.8) is 0 Å². The van der Waals surface area contributed by atoms with Gasteiger partial charge in [0.15, 0.2) is 0 Å². The summed E-state index contributed by atoms with van der Waals surface area (Å²) in [6.07, 6.45) is 7.65. The van der Waals surface area contributed by atoms with Crippen molar-refractivity contribution in [3.8, 4) is 0 Å². The average molecular weight is 337 g/mol. The van der Waals surface area contributed by atoms with Gasteiger partial charge < -0.3 is 0 Å². The van der Waals surface area contributed by atoms with Crippen molar-refractivity contribution in [2.45, 2.75) is 101 Å². The fraction of sp³-hybridized carbons (Fsp3) is 1.00. The van der Waals surface area contributed by atoms with Gasteiger partial charge in [-0.05, 0) is 84.9 Å². The van der Waals surface area contributed by atoms with Crippen LogP contribution in [0.1, 0.15) is 101 Å². The van der Waals surface area contributed by atoms with Gasteiger partial charge in [0.2, 0.25) is 0 Å². The number of fused-ring (bicyclic) bond motifs is 4. The number of rotatable bonds is 0. The summed E-state index contributed by atoms with van der Waals surface area (Å²) in [4.78, 5) is 0. The van der Waals surface area contributed by atoms with Crippen LogP contribution >= 0.6 is 0 Å². The van der Waals surface area contributed by atoms with Gasteiger partial charge in [0.05, 0.1) is 0 Å². The SMILES string of the molecule is CC.CC.CC1C2CCC(C2)C1C.CC1CC2CC(C1C)C2(C)C. The van der Waals surface area contributed by atoms with E-state index in [1.807, 2.05) is 27.7 Å².